The Morgan fingerprint density at radius 2 is 1.87 bits per heavy atom. The van der Waals surface area contributed by atoms with Gasteiger partial charge in [-0.1, -0.05) is 15.9 Å². The number of halogens is 1. The minimum absolute atomic E-state index is 0.207. The van der Waals surface area contributed by atoms with E-state index in [1.165, 1.54) is 0 Å². The third-order valence-electron chi connectivity index (χ3n) is 3.43. The Bertz CT molecular complexity index is 669. The average Bonchev–Trinajstić information content (AvgIpc) is 2.60. The van der Waals surface area contributed by atoms with Gasteiger partial charge in [-0.15, -0.1) is 0 Å². The van der Waals surface area contributed by atoms with Gasteiger partial charge < -0.3 is 14.8 Å². The highest BCUT2D eigenvalue weighted by Crippen LogP contribution is 2.26. The molecule has 23 heavy (non-hydrogen) atoms. The van der Waals surface area contributed by atoms with Gasteiger partial charge in [0.25, 0.3) is 5.91 Å². The van der Waals surface area contributed by atoms with E-state index in [-0.39, 0.29) is 11.9 Å². The molecule has 0 fully saturated rings. The van der Waals surface area contributed by atoms with E-state index in [1.54, 1.807) is 32.5 Å². The molecule has 2 rings (SSSR count). The van der Waals surface area contributed by atoms with Crippen LogP contribution < -0.4 is 14.8 Å². The largest absolute Gasteiger partial charge is 0.497 e. The standard InChI is InChI=1S/C17H19BrN2O3/c1-11(13-7-14(22-2)9-15(8-13)23-3)20-17(21)16-6-12(10-18)4-5-19-16/h4-9,11H,10H2,1-3H3,(H,20,21). The summed E-state index contributed by atoms with van der Waals surface area (Å²) in [4.78, 5) is 16.5. The quantitative estimate of drug-likeness (QED) is 0.781. The van der Waals surface area contributed by atoms with Gasteiger partial charge in [-0.2, -0.15) is 0 Å². The van der Waals surface area contributed by atoms with Gasteiger partial charge in [-0.25, -0.2) is 0 Å². The van der Waals surface area contributed by atoms with E-state index < -0.39 is 0 Å². The van der Waals surface area contributed by atoms with E-state index in [0.717, 1.165) is 11.1 Å². The van der Waals surface area contributed by atoms with E-state index in [1.807, 2.05) is 25.1 Å². The number of nitrogens with one attached hydrogen (secondary N) is 1. The number of hydrogen-bond acceptors (Lipinski definition) is 4. The number of alkyl halides is 1. The Hall–Kier alpha value is -2.08. The molecule has 0 aliphatic heterocycles. The molecule has 1 atom stereocenters. The van der Waals surface area contributed by atoms with Crippen LogP contribution in [-0.2, 0) is 5.33 Å². The molecule has 0 aliphatic carbocycles. The number of pyridine rings is 1. The zero-order valence-corrected chi connectivity index (χ0v) is 14.9. The van der Waals surface area contributed by atoms with Crippen LogP contribution in [-0.4, -0.2) is 25.1 Å². The van der Waals surface area contributed by atoms with Gasteiger partial charge in [0.2, 0.25) is 0 Å². The molecule has 0 radical (unpaired) electrons. The van der Waals surface area contributed by atoms with Crippen molar-refractivity contribution in [3.8, 4) is 11.5 Å². The predicted octanol–water partition coefficient (Wildman–Crippen LogP) is 3.48. The minimum atomic E-state index is -0.220. The van der Waals surface area contributed by atoms with Crippen molar-refractivity contribution in [1.29, 1.82) is 0 Å². The van der Waals surface area contributed by atoms with Crippen LogP contribution in [0.3, 0.4) is 0 Å². The van der Waals surface area contributed by atoms with Crippen molar-refractivity contribution in [1.82, 2.24) is 10.3 Å². The van der Waals surface area contributed by atoms with Crippen LogP contribution in [0.5, 0.6) is 11.5 Å². The molecule has 122 valence electrons. The lowest BCUT2D eigenvalue weighted by molar-refractivity contribution is 0.0934. The van der Waals surface area contributed by atoms with E-state index in [0.29, 0.717) is 22.5 Å². The number of carbonyl (C=O) groups is 1. The normalized spacial score (nSPS) is 11.7. The van der Waals surface area contributed by atoms with E-state index >= 15 is 0 Å². The summed E-state index contributed by atoms with van der Waals surface area (Å²) in [6, 6.07) is 8.95. The second kappa shape index (κ2) is 7.97. The number of rotatable bonds is 6. The Balaban J connectivity index is 2.17. The van der Waals surface area contributed by atoms with Gasteiger partial charge in [0.1, 0.15) is 17.2 Å². The van der Waals surface area contributed by atoms with Crippen LogP contribution >= 0.6 is 15.9 Å². The lowest BCUT2D eigenvalue weighted by atomic mass is 10.1. The molecule has 1 aromatic heterocycles. The molecule has 1 heterocycles. The van der Waals surface area contributed by atoms with Crippen LogP contribution in [0.25, 0.3) is 0 Å². The van der Waals surface area contributed by atoms with Gasteiger partial charge in [0.05, 0.1) is 20.3 Å². The predicted molar refractivity (Wildman–Crippen MR) is 92.3 cm³/mol. The molecule has 1 aromatic carbocycles. The Kier molecular flexibility index (Phi) is 5.98. The summed E-state index contributed by atoms with van der Waals surface area (Å²) in [6.45, 7) is 1.90. The molecule has 0 spiro atoms. The van der Waals surface area contributed by atoms with Gasteiger partial charge in [0, 0.05) is 17.6 Å². The van der Waals surface area contributed by atoms with Crippen LogP contribution in [0, 0.1) is 0 Å². The number of ether oxygens (including phenoxy) is 2. The second-order valence-corrected chi connectivity index (χ2v) is 5.58. The molecule has 1 unspecified atom stereocenters. The molecular weight excluding hydrogens is 360 g/mol. The number of carbonyl (C=O) groups excluding carboxylic acids is 1. The fourth-order valence-corrected chi connectivity index (χ4v) is 2.46. The molecule has 0 aliphatic rings. The maximum atomic E-state index is 12.4. The van der Waals surface area contributed by atoms with Gasteiger partial charge in [0.15, 0.2) is 0 Å². The van der Waals surface area contributed by atoms with Crippen LogP contribution in [0.2, 0.25) is 0 Å². The monoisotopic (exact) mass is 378 g/mol. The fraction of sp³-hybridized carbons (Fsp3) is 0.294. The number of nitrogens with zero attached hydrogens (tertiary/aromatic N) is 1. The first-order chi connectivity index (χ1) is 11.1. The van der Waals surface area contributed by atoms with Crippen LogP contribution in [0.4, 0.5) is 0 Å². The summed E-state index contributed by atoms with van der Waals surface area (Å²) >= 11 is 3.37. The molecule has 0 saturated carbocycles. The molecule has 2 aromatic rings. The molecule has 5 nitrogen and oxygen atoms in total. The molecule has 6 heteroatoms. The number of aromatic nitrogens is 1. The minimum Gasteiger partial charge on any atom is -0.497 e. The van der Waals surface area contributed by atoms with Crippen LogP contribution in [0.15, 0.2) is 36.5 Å². The highest BCUT2D eigenvalue weighted by Gasteiger charge is 2.14. The highest BCUT2D eigenvalue weighted by atomic mass is 79.9. The van der Waals surface area contributed by atoms with Crippen molar-refractivity contribution in [3.63, 3.8) is 0 Å². The van der Waals surface area contributed by atoms with Crippen LogP contribution in [0.1, 0.15) is 34.6 Å². The van der Waals surface area contributed by atoms with Crippen molar-refractivity contribution in [3.05, 3.63) is 53.3 Å². The van der Waals surface area contributed by atoms with Crippen molar-refractivity contribution in [2.45, 2.75) is 18.3 Å². The topological polar surface area (TPSA) is 60.5 Å². The lowest BCUT2D eigenvalue weighted by Crippen LogP contribution is -2.27. The number of hydrogen-bond donors (Lipinski definition) is 1. The van der Waals surface area contributed by atoms with E-state index in [4.69, 9.17) is 9.47 Å². The summed E-state index contributed by atoms with van der Waals surface area (Å²) < 4.78 is 10.5. The van der Waals surface area contributed by atoms with Gasteiger partial charge in [-0.3, -0.25) is 9.78 Å². The van der Waals surface area contributed by atoms with Gasteiger partial charge >= 0.3 is 0 Å². The van der Waals surface area contributed by atoms with Crippen molar-refractivity contribution in [2.24, 2.45) is 0 Å². The average molecular weight is 379 g/mol. The zero-order valence-electron chi connectivity index (χ0n) is 13.3. The third kappa shape index (κ3) is 4.45. The molecule has 1 N–H and O–H groups in total. The molecular formula is C17H19BrN2O3. The van der Waals surface area contributed by atoms with Crippen molar-refractivity contribution in [2.75, 3.05) is 14.2 Å². The molecule has 0 bridgehead atoms. The maximum absolute atomic E-state index is 12.4. The van der Waals surface area contributed by atoms with E-state index in [2.05, 4.69) is 26.2 Å². The highest BCUT2D eigenvalue weighted by molar-refractivity contribution is 9.08. The third-order valence-corrected chi connectivity index (χ3v) is 4.08. The molecule has 1 amide bonds. The Morgan fingerprint density at radius 3 is 2.43 bits per heavy atom. The molecule has 0 saturated heterocycles. The summed E-state index contributed by atoms with van der Waals surface area (Å²) in [5, 5.41) is 3.62. The van der Waals surface area contributed by atoms with Gasteiger partial charge in [-0.05, 0) is 42.3 Å². The Morgan fingerprint density at radius 1 is 1.22 bits per heavy atom. The lowest BCUT2D eigenvalue weighted by Gasteiger charge is -2.16. The first-order valence-electron chi connectivity index (χ1n) is 7.12. The number of amides is 1. The fourth-order valence-electron chi connectivity index (χ4n) is 2.11. The summed E-state index contributed by atoms with van der Waals surface area (Å²) in [6.07, 6.45) is 1.63. The number of methoxy groups -OCH3 is 2. The van der Waals surface area contributed by atoms with Crippen molar-refractivity contribution >= 4 is 21.8 Å². The summed E-state index contributed by atoms with van der Waals surface area (Å²) in [5.74, 6) is 1.14. The first kappa shape index (κ1) is 17.3. The zero-order chi connectivity index (χ0) is 16.8. The smallest absolute Gasteiger partial charge is 0.270 e. The summed E-state index contributed by atoms with van der Waals surface area (Å²) in [5.41, 5.74) is 2.29. The SMILES string of the molecule is COc1cc(OC)cc(C(C)NC(=O)c2cc(CBr)ccn2)c1. The Labute approximate surface area is 144 Å². The second-order valence-electron chi connectivity index (χ2n) is 5.02. The first-order valence-corrected chi connectivity index (χ1v) is 8.24. The van der Waals surface area contributed by atoms with Crippen molar-refractivity contribution < 1.29 is 14.3 Å². The number of benzene rings is 1. The maximum Gasteiger partial charge on any atom is 0.270 e. The van der Waals surface area contributed by atoms with E-state index in [9.17, 15) is 4.79 Å². The summed E-state index contributed by atoms with van der Waals surface area (Å²) in [7, 11) is 3.19.